The number of carbonyl (C=O) groups is 1. The summed E-state index contributed by atoms with van der Waals surface area (Å²) in [5.41, 5.74) is 3.61. The average molecular weight is 358 g/mol. The molecule has 0 fully saturated rings. The van der Waals surface area contributed by atoms with Crippen molar-refractivity contribution < 1.29 is 9.53 Å². The van der Waals surface area contributed by atoms with Crippen LogP contribution in [0.25, 0.3) is 16.5 Å². The van der Waals surface area contributed by atoms with E-state index in [9.17, 15) is 4.79 Å². The number of ether oxygens (including phenoxy) is 1. The van der Waals surface area contributed by atoms with Crippen molar-refractivity contribution in [1.82, 2.24) is 20.2 Å². The lowest BCUT2D eigenvalue weighted by atomic mass is 10.0. The van der Waals surface area contributed by atoms with Crippen LogP contribution in [0, 0.1) is 13.8 Å². The van der Waals surface area contributed by atoms with Gasteiger partial charge in [-0.1, -0.05) is 48.5 Å². The van der Waals surface area contributed by atoms with Gasteiger partial charge in [-0.15, -0.1) is 5.10 Å². The summed E-state index contributed by atoms with van der Waals surface area (Å²) in [6, 6.07) is 17.5. The van der Waals surface area contributed by atoms with E-state index >= 15 is 0 Å². The molecule has 0 radical (unpaired) electrons. The Morgan fingerprint density at radius 3 is 2.56 bits per heavy atom. The lowest BCUT2D eigenvalue weighted by Gasteiger charge is -2.13. The van der Waals surface area contributed by atoms with Crippen molar-refractivity contribution in [3.8, 4) is 11.4 Å². The van der Waals surface area contributed by atoms with Crippen LogP contribution < -0.4 is 4.74 Å². The number of hydrogen-bond donors (Lipinski definition) is 0. The van der Waals surface area contributed by atoms with Crippen molar-refractivity contribution in [1.29, 1.82) is 0 Å². The largest absolute Gasteiger partial charge is 0.485 e. The van der Waals surface area contributed by atoms with Crippen LogP contribution in [0.2, 0.25) is 0 Å². The fourth-order valence-electron chi connectivity index (χ4n) is 3.27. The van der Waals surface area contributed by atoms with Gasteiger partial charge in [0.1, 0.15) is 12.4 Å². The van der Waals surface area contributed by atoms with Crippen molar-refractivity contribution in [2.24, 2.45) is 0 Å². The van der Waals surface area contributed by atoms with Crippen LogP contribution in [0.4, 0.5) is 0 Å². The molecule has 6 heteroatoms. The summed E-state index contributed by atoms with van der Waals surface area (Å²) in [5, 5.41) is 13.9. The first-order valence-electron chi connectivity index (χ1n) is 8.62. The van der Waals surface area contributed by atoms with E-state index in [-0.39, 0.29) is 6.61 Å². The number of nitrogens with zero attached hydrogens (tertiary/aromatic N) is 4. The van der Waals surface area contributed by atoms with Crippen LogP contribution in [0.5, 0.6) is 5.75 Å². The van der Waals surface area contributed by atoms with Crippen molar-refractivity contribution in [3.63, 3.8) is 0 Å². The highest BCUT2D eigenvalue weighted by molar-refractivity contribution is 6.00. The maximum atomic E-state index is 11.7. The van der Waals surface area contributed by atoms with Crippen LogP contribution in [-0.4, -0.2) is 26.5 Å². The van der Waals surface area contributed by atoms with Gasteiger partial charge in [-0.2, -0.15) is 4.68 Å². The highest BCUT2D eigenvalue weighted by atomic mass is 16.5. The summed E-state index contributed by atoms with van der Waals surface area (Å²) < 4.78 is 7.61. The summed E-state index contributed by atoms with van der Waals surface area (Å²) in [5.74, 6) is 1.08. The third-order valence-electron chi connectivity index (χ3n) is 4.59. The van der Waals surface area contributed by atoms with E-state index in [1.54, 1.807) is 10.7 Å². The van der Waals surface area contributed by atoms with Crippen molar-refractivity contribution in [2.45, 2.75) is 20.5 Å². The summed E-state index contributed by atoms with van der Waals surface area (Å²) in [6.07, 6.45) is 0.826. The average Bonchev–Trinajstić information content (AvgIpc) is 3.14. The SMILES string of the molecule is Cc1cccc(C)c1-n1nnnc1COc1ccc2ccccc2c1C=O. The molecule has 0 saturated carbocycles. The van der Waals surface area contributed by atoms with Crippen molar-refractivity contribution >= 4 is 17.1 Å². The maximum Gasteiger partial charge on any atom is 0.194 e. The smallest absolute Gasteiger partial charge is 0.194 e. The van der Waals surface area contributed by atoms with Gasteiger partial charge in [0.2, 0.25) is 0 Å². The molecule has 0 aliphatic carbocycles. The molecule has 0 atom stereocenters. The molecule has 0 saturated heterocycles. The zero-order valence-corrected chi connectivity index (χ0v) is 15.1. The van der Waals surface area contributed by atoms with Gasteiger partial charge in [0, 0.05) is 0 Å². The molecular weight excluding hydrogens is 340 g/mol. The van der Waals surface area contributed by atoms with Crippen molar-refractivity contribution in [3.05, 3.63) is 77.1 Å². The number of fused-ring (bicyclic) bond motifs is 1. The van der Waals surface area contributed by atoms with Gasteiger partial charge in [-0.3, -0.25) is 4.79 Å². The molecule has 0 aliphatic rings. The quantitative estimate of drug-likeness (QED) is 0.507. The first-order chi connectivity index (χ1) is 13.2. The molecule has 4 aromatic rings. The van der Waals surface area contributed by atoms with Gasteiger partial charge in [0.05, 0.1) is 11.3 Å². The van der Waals surface area contributed by atoms with Crippen molar-refractivity contribution in [2.75, 3.05) is 0 Å². The molecule has 6 nitrogen and oxygen atoms in total. The number of aromatic nitrogens is 4. The second kappa shape index (κ2) is 6.99. The molecule has 4 rings (SSSR count). The number of hydrogen-bond acceptors (Lipinski definition) is 5. The molecule has 134 valence electrons. The first-order valence-corrected chi connectivity index (χ1v) is 8.62. The third-order valence-corrected chi connectivity index (χ3v) is 4.59. The van der Waals surface area contributed by atoms with Gasteiger partial charge in [0.25, 0.3) is 0 Å². The molecule has 1 aromatic heterocycles. The van der Waals surface area contributed by atoms with E-state index in [1.807, 2.05) is 62.4 Å². The van der Waals surface area contributed by atoms with Crippen LogP contribution in [-0.2, 0) is 6.61 Å². The van der Waals surface area contributed by atoms with Gasteiger partial charge >= 0.3 is 0 Å². The molecule has 3 aromatic carbocycles. The molecular formula is C21H18N4O2. The van der Waals surface area contributed by atoms with E-state index < -0.39 is 0 Å². The predicted octanol–water partition coefficient (Wildman–Crippen LogP) is 3.82. The van der Waals surface area contributed by atoms with E-state index in [2.05, 4.69) is 15.5 Å². The normalized spacial score (nSPS) is 10.9. The topological polar surface area (TPSA) is 69.9 Å². The molecule has 1 heterocycles. The Bertz CT molecular complexity index is 1110. The van der Waals surface area contributed by atoms with Crippen LogP contribution in [0.1, 0.15) is 27.3 Å². The zero-order valence-electron chi connectivity index (χ0n) is 15.1. The van der Waals surface area contributed by atoms with Gasteiger partial charge in [-0.05, 0) is 52.2 Å². The molecule has 0 N–H and O–H groups in total. The zero-order chi connectivity index (χ0) is 18.8. The van der Waals surface area contributed by atoms with E-state index in [4.69, 9.17) is 4.74 Å². The summed E-state index contributed by atoms with van der Waals surface area (Å²) in [6.45, 7) is 4.19. The van der Waals surface area contributed by atoms with Gasteiger partial charge in [0.15, 0.2) is 12.1 Å². The number of aryl methyl sites for hydroxylation is 2. The van der Waals surface area contributed by atoms with E-state index in [0.717, 1.165) is 33.9 Å². The number of carbonyl (C=O) groups excluding carboxylic acids is 1. The molecule has 0 aliphatic heterocycles. The molecule has 27 heavy (non-hydrogen) atoms. The van der Waals surface area contributed by atoms with Crippen LogP contribution >= 0.6 is 0 Å². The van der Waals surface area contributed by atoms with E-state index in [0.29, 0.717) is 17.1 Å². The molecule has 0 unspecified atom stereocenters. The number of aldehydes is 1. The third kappa shape index (κ3) is 3.06. The lowest BCUT2D eigenvalue weighted by Crippen LogP contribution is -2.10. The Hall–Kier alpha value is -3.54. The fourth-order valence-corrected chi connectivity index (χ4v) is 3.27. The summed E-state index contributed by atoms with van der Waals surface area (Å²) >= 11 is 0. The minimum Gasteiger partial charge on any atom is -0.485 e. The predicted molar refractivity (Wildman–Crippen MR) is 102 cm³/mol. The Morgan fingerprint density at radius 1 is 1.00 bits per heavy atom. The monoisotopic (exact) mass is 358 g/mol. The minimum atomic E-state index is 0.153. The number of para-hydroxylation sites is 1. The molecule has 0 amide bonds. The number of rotatable bonds is 5. The van der Waals surface area contributed by atoms with E-state index in [1.165, 1.54) is 0 Å². The molecule has 0 spiro atoms. The Balaban J connectivity index is 1.67. The highest BCUT2D eigenvalue weighted by Gasteiger charge is 2.15. The Morgan fingerprint density at radius 2 is 1.78 bits per heavy atom. The highest BCUT2D eigenvalue weighted by Crippen LogP contribution is 2.27. The number of benzene rings is 3. The maximum absolute atomic E-state index is 11.7. The number of tetrazole rings is 1. The van der Waals surface area contributed by atoms with Crippen LogP contribution in [0.15, 0.2) is 54.6 Å². The van der Waals surface area contributed by atoms with Crippen LogP contribution in [0.3, 0.4) is 0 Å². The summed E-state index contributed by atoms with van der Waals surface area (Å²) in [4.78, 5) is 11.7. The first kappa shape index (κ1) is 16.9. The summed E-state index contributed by atoms with van der Waals surface area (Å²) in [7, 11) is 0. The standard InChI is InChI=1S/C21H18N4O2/c1-14-6-5-7-15(2)21(14)25-20(22-23-24-25)13-27-19-11-10-16-8-3-4-9-17(16)18(19)12-26/h3-12H,13H2,1-2H3. The van der Waals surface area contributed by atoms with Gasteiger partial charge < -0.3 is 4.74 Å². The Labute approximate surface area is 156 Å². The minimum absolute atomic E-state index is 0.153. The van der Waals surface area contributed by atoms with Gasteiger partial charge in [-0.25, -0.2) is 0 Å². The lowest BCUT2D eigenvalue weighted by molar-refractivity contribution is 0.112. The fraction of sp³-hybridized carbons (Fsp3) is 0.143. The second-order valence-electron chi connectivity index (χ2n) is 6.35. The second-order valence-corrected chi connectivity index (χ2v) is 6.35. The molecule has 0 bridgehead atoms. The Kier molecular flexibility index (Phi) is 4.38.